The number of benzene rings is 1. The van der Waals surface area contributed by atoms with Gasteiger partial charge in [0, 0.05) is 37.6 Å². The molecule has 0 bridgehead atoms. The lowest BCUT2D eigenvalue weighted by atomic mass is 10.1. The second kappa shape index (κ2) is 5.90. The lowest BCUT2D eigenvalue weighted by Crippen LogP contribution is -2.35. The minimum Gasteiger partial charge on any atom is -0.461 e. The summed E-state index contributed by atoms with van der Waals surface area (Å²) in [6.07, 6.45) is 2.36. The van der Waals surface area contributed by atoms with Gasteiger partial charge in [0.15, 0.2) is 0 Å². The predicted octanol–water partition coefficient (Wildman–Crippen LogP) is 3.13. The number of aryl methyl sites for hydroxylation is 1. The molecule has 3 rings (SSSR count). The van der Waals surface area contributed by atoms with Gasteiger partial charge in [-0.3, -0.25) is 4.79 Å². The lowest BCUT2D eigenvalue weighted by Gasteiger charge is -2.20. The third-order valence-electron chi connectivity index (χ3n) is 4.08. The zero-order chi connectivity index (χ0) is 14.8. The summed E-state index contributed by atoms with van der Waals surface area (Å²) < 4.78 is 11.4. The second-order valence-corrected chi connectivity index (χ2v) is 5.55. The molecule has 1 aliphatic rings. The van der Waals surface area contributed by atoms with E-state index in [1.165, 1.54) is 0 Å². The molecule has 1 aromatic heterocycles. The normalized spacial score (nSPS) is 18.3. The number of fused-ring (bicyclic) bond motifs is 1. The zero-order valence-corrected chi connectivity index (χ0v) is 12.6. The van der Waals surface area contributed by atoms with Crippen molar-refractivity contribution in [2.45, 2.75) is 38.8 Å². The molecule has 4 nitrogen and oxygen atoms in total. The van der Waals surface area contributed by atoms with E-state index in [1.807, 2.05) is 25.2 Å². The van der Waals surface area contributed by atoms with Crippen molar-refractivity contribution in [3.63, 3.8) is 0 Å². The quantitative estimate of drug-likeness (QED) is 0.867. The van der Waals surface area contributed by atoms with Crippen molar-refractivity contribution in [3.05, 3.63) is 35.6 Å². The van der Waals surface area contributed by atoms with Gasteiger partial charge in [0.1, 0.15) is 17.4 Å². The summed E-state index contributed by atoms with van der Waals surface area (Å²) in [7, 11) is 1.84. The average molecular weight is 287 g/mol. The Hall–Kier alpha value is -1.81. The second-order valence-electron chi connectivity index (χ2n) is 5.55. The number of carbonyl (C=O) groups is 1. The van der Waals surface area contributed by atoms with E-state index in [-0.39, 0.29) is 12.0 Å². The average Bonchev–Trinajstić information content (AvgIpc) is 3.14. The number of hydrogen-bond acceptors (Lipinski definition) is 3. The summed E-state index contributed by atoms with van der Waals surface area (Å²) in [4.78, 5) is 14.1. The molecule has 1 amide bonds. The van der Waals surface area contributed by atoms with Crippen LogP contribution in [0.3, 0.4) is 0 Å². The predicted molar refractivity (Wildman–Crippen MR) is 81.0 cm³/mol. The fourth-order valence-corrected chi connectivity index (χ4v) is 2.94. The monoisotopic (exact) mass is 287 g/mol. The first kappa shape index (κ1) is 14.1. The molecule has 2 heterocycles. The summed E-state index contributed by atoms with van der Waals surface area (Å²) in [5.74, 6) is 1.03. The molecular formula is C17H21NO3. The molecule has 4 heteroatoms. The molecule has 0 spiro atoms. The van der Waals surface area contributed by atoms with Crippen molar-refractivity contribution in [1.29, 1.82) is 0 Å². The molecule has 0 radical (unpaired) electrons. The van der Waals surface area contributed by atoms with Crippen LogP contribution >= 0.6 is 0 Å². The van der Waals surface area contributed by atoms with Gasteiger partial charge in [0.2, 0.25) is 0 Å². The fraction of sp³-hybridized carbons (Fsp3) is 0.471. The Balaban J connectivity index is 1.84. The van der Waals surface area contributed by atoms with E-state index < -0.39 is 0 Å². The number of amides is 1. The highest BCUT2D eigenvalue weighted by atomic mass is 16.5. The molecule has 2 aromatic rings. The van der Waals surface area contributed by atoms with Crippen LogP contribution in [-0.4, -0.2) is 30.6 Å². The van der Waals surface area contributed by atoms with Crippen molar-refractivity contribution in [2.24, 2.45) is 0 Å². The van der Waals surface area contributed by atoms with Gasteiger partial charge in [-0.05, 0) is 18.9 Å². The van der Waals surface area contributed by atoms with Crippen molar-refractivity contribution in [2.75, 3.05) is 13.7 Å². The number of ether oxygens (including phenoxy) is 1. The van der Waals surface area contributed by atoms with Crippen LogP contribution in [-0.2, 0) is 22.5 Å². The van der Waals surface area contributed by atoms with Crippen LogP contribution in [0, 0.1) is 0 Å². The van der Waals surface area contributed by atoms with Gasteiger partial charge in [-0.2, -0.15) is 0 Å². The van der Waals surface area contributed by atoms with Gasteiger partial charge in [-0.25, -0.2) is 0 Å². The summed E-state index contributed by atoms with van der Waals surface area (Å²) >= 11 is 0. The smallest absolute Gasteiger partial charge is 0.251 e. The highest BCUT2D eigenvalue weighted by molar-refractivity contribution is 5.84. The van der Waals surface area contributed by atoms with Gasteiger partial charge in [-0.1, -0.05) is 25.1 Å². The maximum atomic E-state index is 12.4. The van der Waals surface area contributed by atoms with Crippen LogP contribution in [0.4, 0.5) is 0 Å². The molecule has 1 aliphatic heterocycles. The van der Waals surface area contributed by atoms with Crippen molar-refractivity contribution in [3.8, 4) is 0 Å². The number of likely N-dealkylation sites (N-methyl/N-ethyl adjacent to an activating group) is 1. The minimum absolute atomic E-state index is 0.0693. The standard InChI is InChI=1S/C17H21NO3/c1-3-14-13(12-7-4-5-8-15(12)21-14)11-18(2)17(19)16-9-6-10-20-16/h4-5,7-8,16H,3,6,9-11H2,1-2H3. The summed E-state index contributed by atoms with van der Waals surface area (Å²) in [6.45, 7) is 3.33. The molecule has 1 fully saturated rings. The molecule has 1 atom stereocenters. The van der Waals surface area contributed by atoms with Crippen LogP contribution in [0.25, 0.3) is 11.0 Å². The van der Waals surface area contributed by atoms with E-state index in [9.17, 15) is 4.79 Å². The molecule has 0 saturated carbocycles. The van der Waals surface area contributed by atoms with E-state index >= 15 is 0 Å². The van der Waals surface area contributed by atoms with E-state index in [0.29, 0.717) is 13.2 Å². The van der Waals surface area contributed by atoms with Crippen LogP contribution in [0.5, 0.6) is 0 Å². The Kier molecular flexibility index (Phi) is 3.97. The summed E-state index contributed by atoms with van der Waals surface area (Å²) in [5, 5.41) is 1.10. The Morgan fingerprint density at radius 3 is 2.90 bits per heavy atom. The largest absolute Gasteiger partial charge is 0.461 e. The van der Waals surface area contributed by atoms with Crippen LogP contribution < -0.4 is 0 Å². The third-order valence-corrected chi connectivity index (χ3v) is 4.08. The van der Waals surface area contributed by atoms with Gasteiger partial charge < -0.3 is 14.1 Å². The van der Waals surface area contributed by atoms with E-state index in [4.69, 9.17) is 9.15 Å². The highest BCUT2D eigenvalue weighted by Crippen LogP contribution is 2.27. The van der Waals surface area contributed by atoms with E-state index in [1.54, 1.807) is 4.90 Å². The molecule has 21 heavy (non-hydrogen) atoms. The van der Waals surface area contributed by atoms with Crippen molar-refractivity contribution in [1.82, 2.24) is 4.90 Å². The molecule has 0 aliphatic carbocycles. The van der Waals surface area contributed by atoms with Crippen LogP contribution in [0.2, 0.25) is 0 Å². The van der Waals surface area contributed by atoms with Gasteiger partial charge in [0.25, 0.3) is 5.91 Å². The highest BCUT2D eigenvalue weighted by Gasteiger charge is 2.27. The molecular weight excluding hydrogens is 266 g/mol. The van der Waals surface area contributed by atoms with Gasteiger partial charge in [-0.15, -0.1) is 0 Å². The number of para-hydroxylation sites is 1. The van der Waals surface area contributed by atoms with Crippen LogP contribution in [0.1, 0.15) is 31.1 Å². The van der Waals surface area contributed by atoms with Crippen molar-refractivity contribution < 1.29 is 13.9 Å². The number of carbonyl (C=O) groups excluding carboxylic acids is 1. The molecule has 112 valence electrons. The first-order valence-corrected chi connectivity index (χ1v) is 7.56. The summed E-state index contributed by atoms with van der Waals surface area (Å²) in [5.41, 5.74) is 2.00. The molecule has 1 unspecified atom stereocenters. The first-order chi connectivity index (χ1) is 10.2. The Labute approximate surface area is 124 Å². The maximum Gasteiger partial charge on any atom is 0.251 e. The van der Waals surface area contributed by atoms with E-state index in [0.717, 1.165) is 41.6 Å². The number of furan rings is 1. The maximum absolute atomic E-state index is 12.4. The van der Waals surface area contributed by atoms with Gasteiger partial charge in [0.05, 0.1) is 0 Å². The zero-order valence-electron chi connectivity index (χ0n) is 12.6. The summed E-state index contributed by atoms with van der Waals surface area (Å²) in [6, 6.07) is 8.00. The van der Waals surface area contributed by atoms with Crippen LogP contribution in [0.15, 0.2) is 28.7 Å². The van der Waals surface area contributed by atoms with Gasteiger partial charge >= 0.3 is 0 Å². The fourth-order valence-electron chi connectivity index (χ4n) is 2.94. The SMILES string of the molecule is CCc1oc2ccccc2c1CN(C)C(=O)C1CCCO1. The number of nitrogens with zero attached hydrogens (tertiary/aromatic N) is 1. The lowest BCUT2D eigenvalue weighted by molar-refractivity contribution is -0.140. The molecule has 1 aromatic carbocycles. The topological polar surface area (TPSA) is 42.7 Å². The van der Waals surface area contributed by atoms with Crippen molar-refractivity contribution >= 4 is 16.9 Å². The van der Waals surface area contributed by atoms with E-state index in [2.05, 4.69) is 13.0 Å². The minimum atomic E-state index is -0.266. The Morgan fingerprint density at radius 1 is 1.38 bits per heavy atom. The number of rotatable bonds is 4. The Bertz CT molecular complexity index is 641. The molecule has 0 N–H and O–H groups in total. The Morgan fingerprint density at radius 2 is 2.19 bits per heavy atom. The number of hydrogen-bond donors (Lipinski definition) is 0. The first-order valence-electron chi connectivity index (χ1n) is 7.56. The molecule has 1 saturated heterocycles. The third kappa shape index (κ3) is 2.68.